The number of benzene rings is 1. The van der Waals surface area contributed by atoms with E-state index in [2.05, 4.69) is 5.32 Å². The maximum absolute atomic E-state index is 12.1. The molecule has 6 nitrogen and oxygen atoms in total. The number of nitrogens with one attached hydrogen (secondary N) is 1. The number of hydrogen-bond donors (Lipinski definition) is 2. The van der Waals surface area contributed by atoms with Crippen LogP contribution < -0.4 is 15.8 Å². The zero-order valence-corrected chi connectivity index (χ0v) is 12.0. The highest BCUT2D eigenvalue weighted by molar-refractivity contribution is 6.01. The van der Waals surface area contributed by atoms with Gasteiger partial charge in [-0.15, -0.1) is 0 Å². The molecule has 0 spiro atoms. The summed E-state index contributed by atoms with van der Waals surface area (Å²) in [6, 6.07) is 5.15. The molecule has 0 aromatic heterocycles. The SMILES string of the molecule is CCOc1cccc(N)c1C(=O)NCCOCCOC. The largest absolute Gasteiger partial charge is 0.493 e. The zero-order chi connectivity index (χ0) is 14.8. The molecule has 0 heterocycles. The minimum atomic E-state index is -0.262. The van der Waals surface area contributed by atoms with Gasteiger partial charge in [-0.2, -0.15) is 0 Å². The predicted octanol–water partition coefficient (Wildman–Crippen LogP) is 1.06. The van der Waals surface area contributed by atoms with E-state index in [9.17, 15) is 4.79 Å². The van der Waals surface area contributed by atoms with Gasteiger partial charge in [0.1, 0.15) is 11.3 Å². The average Bonchev–Trinajstić information content (AvgIpc) is 2.43. The van der Waals surface area contributed by atoms with Crippen LogP contribution in [-0.2, 0) is 9.47 Å². The molecule has 112 valence electrons. The quantitative estimate of drug-likeness (QED) is 0.523. The van der Waals surface area contributed by atoms with Gasteiger partial charge in [0.05, 0.1) is 26.4 Å². The lowest BCUT2D eigenvalue weighted by Gasteiger charge is -2.12. The second kappa shape index (κ2) is 9.17. The Labute approximate surface area is 119 Å². The lowest BCUT2D eigenvalue weighted by Crippen LogP contribution is -2.28. The van der Waals surface area contributed by atoms with Crippen LogP contribution in [0.3, 0.4) is 0 Å². The number of nitrogens with two attached hydrogens (primary N) is 1. The van der Waals surface area contributed by atoms with Gasteiger partial charge in [-0.3, -0.25) is 4.79 Å². The summed E-state index contributed by atoms with van der Waals surface area (Å²) >= 11 is 0. The van der Waals surface area contributed by atoms with E-state index in [1.54, 1.807) is 25.3 Å². The number of carbonyl (C=O) groups excluding carboxylic acids is 1. The molecule has 1 aromatic rings. The number of amides is 1. The van der Waals surface area contributed by atoms with Crippen molar-refractivity contribution in [3.05, 3.63) is 23.8 Å². The molecule has 6 heteroatoms. The zero-order valence-electron chi connectivity index (χ0n) is 12.0. The Morgan fingerprint density at radius 3 is 2.80 bits per heavy atom. The second-order valence-electron chi connectivity index (χ2n) is 4.01. The average molecular weight is 282 g/mol. The number of rotatable bonds is 9. The van der Waals surface area contributed by atoms with E-state index in [0.29, 0.717) is 50.0 Å². The third-order valence-electron chi connectivity index (χ3n) is 2.55. The lowest BCUT2D eigenvalue weighted by molar-refractivity contribution is 0.0692. The summed E-state index contributed by atoms with van der Waals surface area (Å²) in [7, 11) is 1.61. The Kier molecular flexibility index (Phi) is 7.46. The maximum Gasteiger partial charge on any atom is 0.257 e. The van der Waals surface area contributed by atoms with Gasteiger partial charge in [-0.05, 0) is 19.1 Å². The Hall–Kier alpha value is -1.79. The fourth-order valence-corrected chi connectivity index (χ4v) is 1.64. The molecule has 0 fully saturated rings. The predicted molar refractivity (Wildman–Crippen MR) is 77.1 cm³/mol. The first kappa shape index (κ1) is 16.3. The minimum Gasteiger partial charge on any atom is -0.493 e. The number of anilines is 1. The van der Waals surface area contributed by atoms with Crippen LogP contribution in [0.15, 0.2) is 18.2 Å². The molecule has 0 aliphatic rings. The van der Waals surface area contributed by atoms with E-state index in [-0.39, 0.29) is 5.91 Å². The van der Waals surface area contributed by atoms with E-state index in [1.165, 1.54) is 0 Å². The molecule has 1 amide bonds. The van der Waals surface area contributed by atoms with Crippen LogP contribution in [0.25, 0.3) is 0 Å². The van der Waals surface area contributed by atoms with E-state index in [0.717, 1.165) is 0 Å². The summed E-state index contributed by atoms with van der Waals surface area (Å²) in [5.74, 6) is 0.229. The number of carbonyl (C=O) groups is 1. The van der Waals surface area contributed by atoms with Crippen molar-refractivity contribution in [1.82, 2.24) is 5.32 Å². The van der Waals surface area contributed by atoms with Crippen molar-refractivity contribution in [2.45, 2.75) is 6.92 Å². The number of hydrogen-bond acceptors (Lipinski definition) is 5. The van der Waals surface area contributed by atoms with Crippen molar-refractivity contribution in [3.8, 4) is 5.75 Å². The molecule has 0 atom stereocenters. The summed E-state index contributed by atoms with van der Waals surface area (Å²) in [4.78, 5) is 12.1. The highest BCUT2D eigenvalue weighted by Crippen LogP contribution is 2.24. The van der Waals surface area contributed by atoms with E-state index < -0.39 is 0 Å². The summed E-state index contributed by atoms with van der Waals surface area (Å²) in [5.41, 5.74) is 6.60. The highest BCUT2D eigenvalue weighted by atomic mass is 16.5. The molecule has 0 aliphatic heterocycles. The first-order chi connectivity index (χ1) is 9.70. The Morgan fingerprint density at radius 2 is 2.10 bits per heavy atom. The summed E-state index contributed by atoms with van der Waals surface area (Å²) in [6.45, 7) is 4.20. The fraction of sp³-hybridized carbons (Fsp3) is 0.500. The van der Waals surface area contributed by atoms with E-state index in [1.807, 2.05) is 6.92 Å². The van der Waals surface area contributed by atoms with Gasteiger partial charge in [-0.25, -0.2) is 0 Å². The van der Waals surface area contributed by atoms with E-state index >= 15 is 0 Å². The molecule has 1 aromatic carbocycles. The van der Waals surface area contributed by atoms with Gasteiger partial charge in [0, 0.05) is 19.3 Å². The molecule has 1 rings (SSSR count). The molecular weight excluding hydrogens is 260 g/mol. The molecule has 0 saturated carbocycles. The molecule has 3 N–H and O–H groups in total. The molecule has 0 unspecified atom stereocenters. The minimum absolute atomic E-state index is 0.262. The number of methoxy groups -OCH3 is 1. The normalized spacial score (nSPS) is 10.3. The van der Waals surface area contributed by atoms with Crippen LogP contribution in [0, 0.1) is 0 Å². The molecule has 0 radical (unpaired) electrons. The summed E-state index contributed by atoms with van der Waals surface area (Å²) in [5, 5.41) is 2.75. The Morgan fingerprint density at radius 1 is 1.30 bits per heavy atom. The lowest BCUT2D eigenvalue weighted by atomic mass is 10.1. The Balaban J connectivity index is 2.50. The van der Waals surface area contributed by atoms with Crippen molar-refractivity contribution in [2.24, 2.45) is 0 Å². The van der Waals surface area contributed by atoms with Gasteiger partial charge in [-0.1, -0.05) is 6.07 Å². The highest BCUT2D eigenvalue weighted by Gasteiger charge is 2.15. The van der Waals surface area contributed by atoms with Crippen molar-refractivity contribution >= 4 is 11.6 Å². The van der Waals surface area contributed by atoms with Crippen LogP contribution in [0.5, 0.6) is 5.75 Å². The van der Waals surface area contributed by atoms with Gasteiger partial charge in [0.2, 0.25) is 0 Å². The summed E-state index contributed by atoms with van der Waals surface area (Å²) in [6.07, 6.45) is 0. The van der Waals surface area contributed by atoms with Crippen molar-refractivity contribution in [2.75, 3.05) is 45.8 Å². The number of ether oxygens (including phenoxy) is 3. The fourth-order valence-electron chi connectivity index (χ4n) is 1.64. The van der Waals surface area contributed by atoms with Gasteiger partial charge >= 0.3 is 0 Å². The third kappa shape index (κ3) is 5.07. The smallest absolute Gasteiger partial charge is 0.257 e. The van der Waals surface area contributed by atoms with Gasteiger partial charge < -0.3 is 25.3 Å². The molecule has 20 heavy (non-hydrogen) atoms. The van der Waals surface area contributed by atoms with E-state index in [4.69, 9.17) is 19.9 Å². The molecule has 0 aliphatic carbocycles. The second-order valence-corrected chi connectivity index (χ2v) is 4.01. The van der Waals surface area contributed by atoms with Crippen molar-refractivity contribution in [3.63, 3.8) is 0 Å². The topological polar surface area (TPSA) is 82.8 Å². The van der Waals surface area contributed by atoms with Crippen LogP contribution in [0.1, 0.15) is 17.3 Å². The van der Waals surface area contributed by atoms with Gasteiger partial charge in [0.15, 0.2) is 0 Å². The van der Waals surface area contributed by atoms with Gasteiger partial charge in [0.25, 0.3) is 5.91 Å². The van der Waals surface area contributed by atoms with Crippen LogP contribution in [0.2, 0.25) is 0 Å². The first-order valence-corrected chi connectivity index (χ1v) is 6.56. The Bertz CT molecular complexity index is 424. The van der Waals surface area contributed by atoms with Crippen LogP contribution in [0.4, 0.5) is 5.69 Å². The summed E-state index contributed by atoms with van der Waals surface area (Å²) < 4.78 is 15.5. The van der Waals surface area contributed by atoms with Crippen molar-refractivity contribution < 1.29 is 19.0 Å². The standard InChI is InChI=1S/C14H22N2O4/c1-3-20-12-6-4-5-11(15)13(12)14(17)16-7-8-19-10-9-18-2/h4-6H,3,7-10,15H2,1-2H3,(H,16,17). The molecular formula is C14H22N2O4. The van der Waals surface area contributed by atoms with Crippen LogP contribution >= 0.6 is 0 Å². The van der Waals surface area contributed by atoms with Crippen LogP contribution in [-0.4, -0.2) is 46.0 Å². The van der Waals surface area contributed by atoms with Crippen molar-refractivity contribution in [1.29, 1.82) is 0 Å². The monoisotopic (exact) mass is 282 g/mol. The number of nitrogen functional groups attached to an aromatic ring is 1. The molecule has 0 saturated heterocycles. The first-order valence-electron chi connectivity index (χ1n) is 6.56. The maximum atomic E-state index is 12.1. The molecule has 0 bridgehead atoms. The third-order valence-corrected chi connectivity index (χ3v) is 2.55.